The van der Waals surface area contributed by atoms with E-state index in [9.17, 15) is 0 Å². The van der Waals surface area contributed by atoms with Crippen molar-refractivity contribution in [2.24, 2.45) is 28.6 Å². The van der Waals surface area contributed by atoms with Crippen LogP contribution in [-0.4, -0.2) is 0 Å². The number of allylic oxidation sites excluding steroid dienone is 5. The predicted molar refractivity (Wildman–Crippen MR) is 124 cm³/mol. The smallest absolute Gasteiger partial charge is 0.0143 e. The number of fused-ring (bicyclic) bond motifs is 1. The second-order valence-corrected chi connectivity index (χ2v) is 11.9. The molecule has 0 aromatic rings. The van der Waals surface area contributed by atoms with Gasteiger partial charge in [0.15, 0.2) is 0 Å². The molecule has 0 bridgehead atoms. The largest absolute Gasteiger partial charge is 0.0956 e. The molecule has 0 heteroatoms. The van der Waals surface area contributed by atoms with Crippen molar-refractivity contribution in [2.45, 2.75) is 112 Å². The molecule has 0 radical (unpaired) electrons. The van der Waals surface area contributed by atoms with E-state index in [0.29, 0.717) is 10.8 Å². The zero-order chi connectivity index (χ0) is 20.4. The van der Waals surface area contributed by atoms with E-state index < -0.39 is 0 Å². The molecule has 0 aromatic carbocycles. The lowest BCUT2D eigenvalue weighted by molar-refractivity contribution is 0.126. The first kappa shape index (κ1) is 21.9. The van der Waals surface area contributed by atoms with E-state index in [4.69, 9.17) is 0 Å². The normalized spacial score (nSPS) is 36.9. The fourth-order valence-electron chi connectivity index (χ4n) is 6.46. The van der Waals surface area contributed by atoms with E-state index in [2.05, 4.69) is 53.3 Å². The maximum atomic E-state index is 4.35. The molecule has 0 N–H and O–H groups in total. The van der Waals surface area contributed by atoms with E-state index >= 15 is 0 Å². The molecule has 28 heavy (non-hydrogen) atoms. The quantitative estimate of drug-likeness (QED) is 0.416. The van der Waals surface area contributed by atoms with Gasteiger partial charge in [-0.15, -0.1) is 0 Å². The molecule has 3 saturated carbocycles. The van der Waals surface area contributed by atoms with Gasteiger partial charge in [0.2, 0.25) is 0 Å². The van der Waals surface area contributed by atoms with Crippen LogP contribution < -0.4 is 0 Å². The van der Waals surface area contributed by atoms with Crippen LogP contribution in [-0.2, 0) is 0 Å². The first-order valence-electron chi connectivity index (χ1n) is 12.3. The van der Waals surface area contributed by atoms with E-state index in [1.807, 2.05) is 0 Å². The maximum absolute atomic E-state index is 4.35. The minimum absolute atomic E-state index is 0.497. The Morgan fingerprint density at radius 3 is 2.61 bits per heavy atom. The molecule has 0 aromatic heterocycles. The van der Waals surface area contributed by atoms with Crippen LogP contribution in [0.2, 0.25) is 0 Å². The molecule has 3 aliphatic rings. The first-order chi connectivity index (χ1) is 13.2. The van der Waals surface area contributed by atoms with Crippen molar-refractivity contribution in [3.63, 3.8) is 0 Å². The molecule has 0 nitrogen and oxygen atoms in total. The fraction of sp³-hybridized carbons (Fsp3) is 0.786. The van der Waals surface area contributed by atoms with Crippen molar-refractivity contribution in [1.29, 1.82) is 0 Å². The predicted octanol–water partition coefficient (Wildman–Crippen LogP) is 9.04. The van der Waals surface area contributed by atoms with Crippen molar-refractivity contribution in [3.05, 3.63) is 35.5 Å². The third kappa shape index (κ3) is 5.22. The summed E-state index contributed by atoms with van der Waals surface area (Å²) >= 11 is 0. The Hall–Kier alpha value is -0.780. The summed E-state index contributed by atoms with van der Waals surface area (Å²) in [4.78, 5) is 0. The zero-order valence-corrected chi connectivity index (χ0v) is 19.6. The van der Waals surface area contributed by atoms with Crippen LogP contribution in [0.1, 0.15) is 112 Å². The highest BCUT2D eigenvalue weighted by atomic mass is 14.5. The van der Waals surface area contributed by atoms with Crippen LogP contribution in [0.25, 0.3) is 0 Å². The van der Waals surface area contributed by atoms with Crippen molar-refractivity contribution in [1.82, 2.24) is 0 Å². The van der Waals surface area contributed by atoms with Crippen LogP contribution in [0, 0.1) is 28.6 Å². The van der Waals surface area contributed by atoms with Crippen LogP contribution in [0.5, 0.6) is 0 Å². The Kier molecular flexibility index (Phi) is 6.99. The Labute approximate surface area is 176 Å². The monoisotopic (exact) mass is 382 g/mol. The third-order valence-electron chi connectivity index (χ3n) is 8.35. The van der Waals surface area contributed by atoms with E-state index in [0.717, 1.165) is 17.8 Å². The minimum atomic E-state index is 0.497. The molecule has 4 unspecified atom stereocenters. The van der Waals surface area contributed by atoms with E-state index in [-0.39, 0.29) is 0 Å². The van der Waals surface area contributed by atoms with Gasteiger partial charge in [-0.2, -0.15) is 0 Å². The topological polar surface area (TPSA) is 0 Å². The molecule has 0 amide bonds. The summed E-state index contributed by atoms with van der Waals surface area (Å²) in [6, 6.07) is 0. The summed E-state index contributed by atoms with van der Waals surface area (Å²) in [5, 5.41) is 0. The number of rotatable bonds is 5. The number of hydrogen-bond acceptors (Lipinski definition) is 0. The number of unbranched alkanes of at least 4 members (excludes halogenated alkanes) is 1. The second kappa shape index (κ2) is 8.93. The van der Waals surface area contributed by atoms with Gasteiger partial charge in [-0.3, -0.25) is 0 Å². The summed E-state index contributed by atoms with van der Waals surface area (Å²) in [6.07, 6.45) is 21.6. The Morgan fingerprint density at radius 2 is 1.86 bits per heavy atom. The molecule has 4 atom stereocenters. The van der Waals surface area contributed by atoms with Crippen LogP contribution in [0.3, 0.4) is 0 Å². The van der Waals surface area contributed by atoms with Gasteiger partial charge in [-0.25, -0.2) is 0 Å². The molecule has 0 aliphatic heterocycles. The lowest BCUT2D eigenvalue weighted by atomic mass is 9.62. The Bertz CT molecular complexity index is 610. The highest BCUT2D eigenvalue weighted by molar-refractivity contribution is 5.35. The van der Waals surface area contributed by atoms with Crippen LogP contribution >= 0.6 is 0 Å². The molecule has 3 rings (SSSR count). The molecule has 0 heterocycles. The molecular weight excluding hydrogens is 336 g/mol. The lowest BCUT2D eigenvalue weighted by Gasteiger charge is -2.42. The van der Waals surface area contributed by atoms with E-state index in [1.165, 1.54) is 88.2 Å². The summed E-state index contributed by atoms with van der Waals surface area (Å²) in [5.41, 5.74) is 5.77. The highest BCUT2D eigenvalue weighted by Crippen LogP contribution is 2.58. The standard InChI is InChI=1S/C28H46/c1-21-12-13-22(2)24(20-21)15-14-23-10-9-19-28(6)25(16-17-26(23)28)11-7-8-18-27(3,4)5/h14-15,21,25-26H,2,7-13,16-20H2,1,3-6H3/b23-14+,24-15-. The van der Waals surface area contributed by atoms with Gasteiger partial charge in [0, 0.05) is 0 Å². The van der Waals surface area contributed by atoms with Crippen LogP contribution in [0.4, 0.5) is 0 Å². The molecule has 0 spiro atoms. The third-order valence-corrected chi connectivity index (χ3v) is 8.35. The van der Waals surface area contributed by atoms with Gasteiger partial charge in [0.1, 0.15) is 0 Å². The van der Waals surface area contributed by atoms with Gasteiger partial charge in [-0.05, 0) is 98.4 Å². The van der Waals surface area contributed by atoms with Gasteiger partial charge < -0.3 is 0 Å². The zero-order valence-electron chi connectivity index (χ0n) is 19.6. The lowest BCUT2D eigenvalue weighted by Crippen LogP contribution is -2.33. The Balaban J connectivity index is 1.63. The van der Waals surface area contributed by atoms with Gasteiger partial charge >= 0.3 is 0 Å². The van der Waals surface area contributed by atoms with E-state index in [1.54, 1.807) is 5.57 Å². The average Bonchev–Trinajstić information content (AvgIpc) is 2.95. The fourth-order valence-corrected chi connectivity index (χ4v) is 6.46. The minimum Gasteiger partial charge on any atom is -0.0956 e. The van der Waals surface area contributed by atoms with Crippen LogP contribution in [0.15, 0.2) is 35.5 Å². The first-order valence-corrected chi connectivity index (χ1v) is 12.3. The van der Waals surface area contributed by atoms with Crippen molar-refractivity contribution >= 4 is 0 Å². The van der Waals surface area contributed by atoms with Crippen molar-refractivity contribution in [3.8, 4) is 0 Å². The summed E-state index contributed by atoms with van der Waals surface area (Å²) in [7, 11) is 0. The summed E-state index contributed by atoms with van der Waals surface area (Å²) in [6.45, 7) is 16.5. The second-order valence-electron chi connectivity index (χ2n) is 11.9. The molecule has 3 aliphatic carbocycles. The molecule has 0 saturated heterocycles. The number of hydrogen-bond donors (Lipinski definition) is 0. The van der Waals surface area contributed by atoms with Crippen molar-refractivity contribution in [2.75, 3.05) is 0 Å². The molecular formula is C28H46. The van der Waals surface area contributed by atoms with Gasteiger partial charge in [0.05, 0.1) is 0 Å². The molecule has 158 valence electrons. The SMILES string of the molecule is C=C1CCC(C)C/C1=C/C=C1\CCCC2(C)C(CCCCC(C)(C)C)CCC12. The summed E-state index contributed by atoms with van der Waals surface area (Å²) in [5.74, 6) is 2.63. The van der Waals surface area contributed by atoms with Gasteiger partial charge in [0.25, 0.3) is 0 Å². The average molecular weight is 383 g/mol. The maximum Gasteiger partial charge on any atom is -0.0143 e. The Morgan fingerprint density at radius 1 is 1.07 bits per heavy atom. The van der Waals surface area contributed by atoms with Gasteiger partial charge in [-0.1, -0.05) is 77.3 Å². The molecule has 3 fully saturated rings. The van der Waals surface area contributed by atoms with Crippen molar-refractivity contribution < 1.29 is 0 Å². The highest BCUT2D eigenvalue weighted by Gasteiger charge is 2.48. The summed E-state index contributed by atoms with van der Waals surface area (Å²) < 4.78 is 0.